The Morgan fingerprint density at radius 2 is 0.952 bits per heavy atom. The van der Waals surface area contributed by atoms with E-state index in [1.807, 2.05) is 0 Å². The van der Waals surface area contributed by atoms with Crippen LogP contribution in [0.3, 0.4) is 0 Å². The van der Waals surface area contributed by atoms with Gasteiger partial charge in [-0.3, -0.25) is 9.59 Å². The first-order valence-electron chi connectivity index (χ1n) is 4.64. The van der Waals surface area contributed by atoms with Crippen molar-refractivity contribution in [2.45, 2.75) is 26.2 Å². The maximum Gasteiger partial charge on any atom is 0.454 e. The fraction of sp³-hybridized carbons (Fsp3) is 0.400. The number of alkyl halides is 6. The molecule has 0 saturated heterocycles. The van der Waals surface area contributed by atoms with E-state index >= 15 is 0 Å². The largest absolute Gasteiger partial charge is 0.512 e. The number of ketones is 2. The summed E-state index contributed by atoms with van der Waals surface area (Å²) < 4.78 is 67.8. The minimum Gasteiger partial charge on any atom is -0.512 e. The van der Waals surface area contributed by atoms with Crippen LogP contribution in [0.25, 0.3) is 0 Å². The fourth-order valence-electron chi connectivity index (χ4n) is 0.543. The number of aliphatic hydroxyl groups is 2. The molecule has 0 aromatic heterocycles. The van der Waals surface area contributed by atoms with Gasteiger partial charge in [-0.25, -0.2) is 0 Å². The smallest absolute Gasteiger partial charge is 0.454 e. The van der Waals surface area contributed by atoms with Gasteiger partial charge in [-0.05, 0) is 13.8 Å². The van der Waals surface area contributed by atoms with Crippen LogP contribution in [0.5, 0.6) is 0 Å². The van der Waals surface area contributed by atoms with Crippen molar-refractivity contribution in [3.8, 4) is 0 Å². The van der Waals surface area contributed by atoms with E-state index in [9.17, 15) is 35.9 Å². The van der Waals surface area contributed by atoms with Crippen molar-refractivity contribution in [3.63, 3.8) is 0 Å². The molecule has 0 aromatic carbocycles. The van der Waals surface area contributed by atoms with E-state index in [2.05, 4.69) is 0 Å². The number of hydrogen-bond acceptors (Lipinski definition) is 4. The summed E-state index contributed by atoms with van der Waals surface area (Å²) in [5.41, 5.74) is 0. The molecule has 0 fully saturated rings. The summed E-state index contributed by atoms with van der Waals surface area (Å²) in [4.78, 5) is 19.8. The molecular weight excluding hydrogens is 357 g/mol. The maximum atomic E-state index is 11.3. The Morgan fingerprint density at radius 1 is 0.762 bits per heavy atom. The Bertz CT molecular complexity index is 374. The van der Waals surface area contributed by atoms with Crippen LogP contribution in [-0.4, -0.2) is 34.1 Å². The molecular formula is C10H10F6NiO4. The van der Waals surface area contributed by atoms with Crippen LogP contribution in [0.2, 0.25) is 0 Å². The first-order valence-corrected chi connectivity index (χ1v) is 4.64. The molecule has 0 aliphatic rings. The number of halogens is 6. The monoisotopic (exact) mass is 366 g/mol. The molecule has 11 heteroatoms. The van der Waals surface area contributed by atoms with Gasteiger partial charge >= 0.3 is 12.4 Å². The second-order valence-electron chi connectivity index (χ2n) is 3.30. The number of carbonyl (C=O) groups excluding carboxylic acids is 2. The molecule has 4 nitrogen and oxygen atoms in total. The topological polar surface area (TPSA) is 74.6 Å². The minimum atomic E-state index is -4.88. The quantitative estimate of drug-likeness (QED) is 0.341. The Kier molecular flexibility index (Phi) is 11.0. The van der Waals surface area contributed by atoms with Gasteiger partial charge in [-0.2, -0.15) is 26.3 Å². The van der Waals surface area contributed by atoms with E-state index < -0.39 is 35.4 Å². The minimum absolute atomic E-state index is 0. The van der Waals surface area contributed by atoms with Crippen LogP contribution in [0, 0.1) is 0 Å². The van der Waals surface area contributed by atoms with Crippen molar-refractivity contribution < 1.29 is 62.6 Å². The maximum absolute atomic E-state index is 11.3. The molecule has 0 aliphatic heterocycles. The zero-order valence-corrected chi connectivity index (χ0v) is 11.4. The molecule has 0 spiro atoms. The SMILES string of the molecule is C/C(O)=C/C(=O)C(F)(F)F.C/C(O)=C/C(=O)C(F)(F)F.[Ni]. The average molecular weight is 367 g/mol. The van der Waals surface area contributed by atoms with Gasteiger partial charge in [0.25, 0.3) is 11.6 Å². The molecule has 0 unspecified atom stereocenters. The Hall–Kier alpha value is -1.51. The molecule has 2 N–H and O–H groups in total. The predicted molar refractivity (Wildman–Crippen MR) is 54.9 cm³/mol. The Labute approximate surface area is 125 Å². The van der Waals surface area contributed by atoms with Crippen molar-refractivity contribution in [1.29, 1.82) is 0 Å². The number of allylic oxidation sites excluding steroid dienone is 4. The van der Waals surface area contributed by atoms with E-state index in [0.29, 0.717) is 0 Å². The second kappa shape index (κ2) is 9.43. The first-order chi connectivity index (χ1) is 8.67. The van der Waals surface area contributed by atoms with Gasteiger partial charge in [-0.1, -0.05) is 0 Å². The number of rotatable bonds is 2. The van der Waals surface area contributed by atoms with Gasteiger partial charge < -0.3 is 10.2 Å². The molecule has 0 rings (SSSR count). The Morgan fingerprint density at radius 3 is 1.00 bits per heavy atom. The average Bonchev–Trinajstić information content (AvgIpc) is 2.13. The summed E-state index contributed by atoms with van der Waals surface area (Å²) in [5.74, 6) is -5.40. The van der Waals surface area contributed by atoms with Crippen LogP contribution in [0.15, 0.2) is 23.7 Å². The molecule has 0 heterocycles. The van der Waals surface area contributed by atoms with Crippen molar-refractivity contribution in [2.75, 3.05) is 0 Å². The fourth-order valence-corrected chi connectivity index (χ4v) is 0.543. The summed E-state index contributed by atoms with van der Waals surface area (Å²) in [6.07, 6.45) is -9.52. The van der Waals surface area contributed by atoms with Crippen molar-refractivity contribution in [1.82, 2.24) is 0 Å². The van der Waals surface area contributed by atoms with Gasteiger partial charge in [0.05, 0.1) is 11.5 Å². The standard InChI is InChI=1S/2C5H5F3O2.Ni/c2*1-3(9)2-4(10)5(6,7)8;/h2*2,9H,1H3;/b2*3-2-;. The molecule has 0 bridgehead atoms. The van der Waals surface area contributed by atoms with Gasteiger partial charge in [0, 0.05) is 28.6 Å². The van der Waals surface area contributed by atoms with Crippen molar-refractivity contribution >= 4 is 11.6 Å². The van der Waals surface area contributed by atoms with E-state index in [1.54, 1.807) is 0 Å². The summed E-state index contributed by atoms with van der Waals surface area (Å²) in [6.45, 7) is 1.98. The van der Waals surface area contributed by atoms with Crippen molar-refractivity contribution in [3.05, 3.63) is 23.7 Å². The van der Waals surface area contributed by atoms with Gasteiger partial charge in [-0.15, -0.1) is 0 Å². The normalized spacial score (nSPS) is 12.8. The molecule has 0 aliphatic carbocycles. The molecule has 0 amide bonds. The Balaban J connectivity index is -0.000000295. The number of hydrogen-bond donors (Lipinski definition) is 2. The third-order valence-corrected chi connectivity index (χ3v) is 1.24. The molecule has 126 valence electrons. The third kappa shape index (κ3) is 14.7. The summed E-state index contributed by atoms with van der Waals surface area (Å²) in [6, 6.07) is 0. The van der Waals surface area contributed by atoms with Crippen LogP contribution >= 0.6 is 0 Å². The van der Waals surface area contributed by atoms with E-state index in [0.717, 1.165) is 13.8 Å². The second-order valence-corrected chi connectivity index (χ2v) is 3.30. The first kappa shape index (κ1) is 24.5. The number of carbonyl (C=O) groups is 2. The van der Waals surface area contributed by atoms with E-state index in [4.69, 9.17) is 10.2 Å². The number of aliphatic hydroxyl groups excluding tert-OH is 2. The zero-order chi connectivity index (χ0) is 16.7. The third-order valence-electron chi connectivity index (χ3n) is 1.24. The molecule has 0 atom stereocenters. The van der Waals surface area contributed by atoms with Gasteiger partial charge in [0.15, 0.2) is 0 Å². The summed E-state index contributed by atoms with van der Waals surface area (Å²) in [7, 11) is 0. The molecule has 0 saturated carbocycles. The summed E-state index contributed by atoms with van der Waals surface area (Å²) in [5, 5.41) is 16.5. The zero-order valence-electron chi connectivity index (χ0n) is 10.4. The summed E-state index contributed by atoms with van der Waals surface area (Å²) >= 11 is 0. The van der Waals surface area contributed by atoms with Crippen LogP contribution in [0.4, 0.5) is 26.3 Å². The van der Waals surface area contributed by atoms with Crippen LogP contribution in [0.1, 0.15) is 13.8 Å². The predicted octanol–water partition coefficient (Wildman–Crippen LogP) is 3.16. The van der Waals surface area contributed by atoms with Gasteiger partial charge in [0.2, 0.25) is 0 Å². The van der Waals surface area contributed by atoms with Crippen molar-refractivity contribution in [2.24, 2.45) is 0 Å². The van der Waals surface area contributed by atoms with Gasteiger partial charge in [0.1, 0.15) is 0 Å². The molecule has 0 aromatic rings. The van der Waals surface area contributed by atoms with E-state index in [1.165, 1.54) is 0 Å². The molecule has 21 heavy (non-hydrogen) atoms. The van der Waals surface area contributed by atoms with Crippen LogP contribution < -0.4 is 0 Å². The van der Waals surface area contributed by atoms with Crippen LogP contribution in [-0.2, 0) is 26.1 Å². The van der Waals surface area contributed by atoms with E-state index in [-0.39, 0.29) is 28.6 Å². The molecule has 0 radical (unpaired) electrons.